The number of amides is 2. The molecule has 150 valence electrons. The normalized spacial score (nSPS) is 16.6. The number of hydrogen-bond acceptors (Lipinski definition) is 3. The molecule has 1 aromatic heterocycles. The first-order valence-electron chi connectivity index (χ1n) is 9.92. The minimum absolute atomic E-state index is 0.0231. The molecule has 0 spiro atoms. The van der Waals surface area contributed by atoms with Gasteiger partial charge in [-0.1, -0.05) is 36.4 Å². The van der Waals surface area contributed by atoms with Crippen LogP contribution in [0.15, 0.2) is 54.6 Å². The summed E-state index contributed by atoms with van der Waals surface area (Å²) in [6, 6.07) is 17.3. The number of H-pyrrole nitrogens is 1. The molecule has 6 nitrogen and oxygen atoms in total. The molecule has 2 aromatic carbocycles. The van der Waals surface area contributed by atoms with Crippen molar-refractivity contribution in [2.45, 2.75) is 19.4 Å². The first kappa shape index (κ1) is 19.1. The molecule has 0 bridgehead atoms. The molecule has 1 saturated heterocycles. The average molecular weight is 391 g/mol. The summed E-state index contributed by atoms with van der Waals surface area (Å²) in [6.07, 6.45) is 1.60. The van der Waals surface area contributed by atoms with Gasteiger partial charge < -0.3 is 19.9 Å². The average Bonchev–Trinajstić information content (AvgIpc) is 3.21. The maximum absolute atomic E-state index is 12.9. The Bertz CT molecular complexity index is 994. The van der Waals surface area contributed by atoms with Gasteiger partial charge >= 0.3 is 0 Å². The molecule has 0 unspecified atom stereocenters. The second-order valence-electron chi connectivity index (χ2n) is 7.39. The smallest absolute Gasteiger partial charge is 0.270 e. The van der Waals surface area contributed by atoms with Crippen LogP contribution in [0.4, 0.5) is 0 Å². The van der Waals surface area contributed by atoms with Crippen LogP contribution in [-0.4, -0.2) is 41.9 Å². The molecule has 0 radical (unpaired) electrons. The first-order valence-corrected chi connectivity index (χ1v) is 9.92. The molecule has 4 rings (SSSR count). The second-order valence-corrected chi connectivity index (χ2v) is 7.39. The molecule has 1 fully saturated rings. The maximum atomic E-state index is 12.9. The minimum atomic E-state index is -0.202. The van der Waals surface area contributed by atoms with Crippen molar-refractivity contribution in [2.24, 2.45) is 5.92 Å². The zero-order chi connectivity index (χ0) is 20.2. The summed E-state index contributed by atoms with van der Waals surface area (Å²) in [4.78, 5) is 30.6. The van der Waals surface area contributed by atoms with Crippen molar-refractivity contribution < 1.29 is 14.3 Å². The van der Waals surface area contributed by atoms with E-state index in [4.69, 9.17) is 4.74 Å². The largest absolute Gasteiger partial charge is 0.496 e. The van der Waals surface area contributed by atoms with E-state index in [1.54, 1.807) is 12.0 Å². The molecule has 1 atom stereocenters. The number of aromatic amines is 1. The molecular formula is C23H25N3O3. The third kappa shape index (κ3) is 4.11. The topological polar surface area (TPSA) is 74.4 Å². The number of likely N-dealkylation sites (tertiary alicyclic amines) is 1. The van der Waals surface area contributed by atoms with E-state index in [-0.39, 0.29) is 17.7 Å². The van der Waals surface area contributed by atoms with Crippen LogP contribution < -0.4 is 10.1 Å². The molecule has 3 aromatic rings. The summed E-state index contributed by atoms with van der Waals surface area (Å²) in [6.45, 7) is 1.52. The van der Waals surface area contributed by atoms with Crippen LogP contribution in [0.3, 0.4) is 0 Å². The Morgan fingerprint density at radius 1 is 1.17 bits per heavy atom. The Labute approximate surface area is 169 Å². The van der Waals surface area contributed by atoms with Gasteiger partial charge in [-0.05, 0) is 31.0 Å². The van der Waals surface area contributed by atoms with E-state index in [0.717, 1.165) is 35.1 Å². The highest BCUT2D eigenvalue weighted by molar-refractivity contribution is 5.98. The number of fused-ring (bicyclic) bond motifs is 1. The maximum Gasteiger partial charge on any atom is 0.270 e. The Kier molecular flexibility index (Phi) is 5.51. The summed E-state index contributed by atoms with van der Waals surface area (Å²) in [5.74, 6) is 0.479. The number of piperidine rings is 1. The molecule has 1 aliphatic heterocycles. The Hall–Kier alpha value is -3.28. The van der Waals surface area contributed by atoms with Gasteiger partial charge in [0.1, 0.15) is 11.4 Å². The number of carbonyl (C=O) groups excluding carboxylic acids is 2. The molecule has 2 amide bonds. The van der Waals surface area contributed by atoms with Crippen molar-refractivity contribution in [3.05, 3.63) is 65.9 Å². The number of nitrogens with one attached hydrogen (secondary N) is 2. The number of para-hydroxylation sites is 2. The number of nitrogens with zero attached hydrogens (tertiary/aromatic N) is 1. The second kappa shape index (κ2) is 8.39. The van der Waals surface area contributed by atoms with Gasteiger partial charge in [-0.25, -0.2) is 0 Å². The highest BCUT2D eigenvalue weighted by atomic mass is 16.5. The summed E-state index contributed by atoms with van der Waals surface area (Å²) >= 11 is 0. The Morgan fingerprint density at radius 3 is 2.79 bits per heavy atom. The van der Waals surface area contributed by atoms with Gasteiger partial charge in [-0.2, -0.15) is 0 Å². The van der Waals surface area contributed by atoms with Crippen LogP contribution in [-0.2, 0) is 11.3 Å². The van der Waals surface area contributed by atoms with Gasteiger partial charge in [0.15, 0.2) is 0 Å². The number of ether oxygens (including phenoxy) is 1. The third-order valence-electron chi connectivity index (χ3n) is 5.49. The van der Waals surface area contributed by atoms with E-state index in [9.17, 15) is 9.59 Å². The van der Waals surface area contributed by atoms with Crippen molar-refractivity contribution >= 4 is 22.7 Å². The Balaban J connectivity index is 1.39. The number of methoxy groups -OCH3 is 1. The molecule has 29 heavy (non-hydrogen) atoms. The van der Waals surface area contributed by atoms with E-state index < -0.39 is 0 Å². The predicted octanol–water partition coefficient (Wildman–Crippen LogP) is 3.35. The van der Waals surface area contributed by atoms with Crippen molar-refractivity contribution in [2.75, 3.05) is 20.2 Å². The summed E-state index contributed by atoms with van der Waals surface area (Å²) in [7, 11) is 1.62. The SMILES string of the molecule is COc1ccccc1CNC(=O)[C@H]1CCCN(C(=O)c2cc3ccccc3[nH]2)C1. The zero-order valence-electron chi connectivity index (χ0n) is 16.5. The summed E-state index contributed by atoms with van der Waals surface area (Å²) in [5, 5.41) is 4.01. The van der Waals surface area contributed by atoms with Crippen molar-refractivity contribution in [1.82, 2.24) is 15.2 Å². The van der Waals surface area contributed by atoms with E-state index in [1.807, 2.05) is 54.6 Å². The molecule has 1 aliphatic rings. The predicted molar refractivity (Wildman–Crippen MR) is 112 cm³/mol. The standard InChI is InChI=1S/C23H25N3O3/c1-29-21-11-5-3-8-17(21)14-24-22(27)18-9-6-12-26(15-18)23(28)20-13-16-7-2-4-10-19(16)25-20/h2-5,7-8,10-11,13,18,25H,6,9,12,14-15H2,1H3,(H,24,27)/t18-/m0/s1. The highest BCUT2D eigenvalue weighted by Crippen LogP contribution is 2.22. The van der Waals surface area contributed by atoms with Gasteiger partial charge in [0.25, 0.3) is 5.91 Å². The minimum Gasteiger partial charge on any atom is -0.496 e. The van der Waals surface area contributed by atoms with Crippen LogP contribution in [0, 0.1) is 5.92 Å². The molecular weight excluding hydrogens is 366 g/mol. The fraction of sp³-hybridized carbons (Fsp3) is 0.304. The fourth-order valence-corrected chi connectivity index (χ4v) is 3.91. The quantitative estimate of drug-likeness (QED) is 0.700. The van der Waals surface area contributed by atoms with Crippen molar-refractivity contribution in [1.29, 1.82) is 0 Å². The van der Waals surface area contributed by atoms with Crippen LogP contribution in [0.5, 0.6) is 5.75 Å². The molecule has 6 heteroatoms. The van der Waals surface area contributed by atoms with E-state index in [2.05, 4.69) is 10.3 Å². The summed E-state index contributed by atoms with van der Waals surface area (Å²) in [5.41, 5.74) is 2.45. The lowest BCUT2D eigenvalue weighted by Gasteiger charge is -2.31. The van der Waals surface area contributed by atoms with E-state index in [0.29, 0.717) is 25.3 Å². The van der Waals surface area contributed by atoms with Crippen LogP contribution >= 0.6 is 0 Å². The van der Waals surface area contributed by atoms with Crippen molar-refractivity contribution in [3.63, 3.8) is 0 Å². The monoisotopic (exact) mass is 391 g/mol. The lowest BCUT2D eigenvalue weighted by Crippen LogP contribution is -2.45. The number of hydrogen-bond donors (Lipinski definition) is 2. The van der Waals surface area contributed by atoms with Crippen LogP contribution in [0.2, 0.25) is 0 Å². The van der Waals surface area contributed by atoms with Gasteiger partial charge in [-0.15, -0.1) is 0 Å². The summed E-state index contributed by atoms with van der Waals surface area (Å²) < 4.78 is 5.34. The zero-order valence-corrected chi connectivity index (χ0v) is 16.5. The molecule has 0 aliphatic carbocycles. The van der Waals surface area contributed by atoms with E-state index in [1.165, 1.54) is 0 Å². The molecule has 2 N–H and O–H groups in total. The van der Waals surface area contributed by atoms with Gasteiger partial charge in [-0.3, -0.25) is 9.59 Å². The number of rotatable bonds is 5. The van der Waals surface area contributed by atoms with Gasteiger partial charge in [0.2, 0.25) is 5.91 Å². The van der Waals surface area contributed by atoms with Gasteiger partial charge in [0, 0.05) is 36.1 Å². The number of benzene rings is 2. The number of carbonyl (C=O) groups is 2. The highest BCUT2D eigenvalue weighted by Gasteiger charge is 2.29. The van der Waals surface area contributed by atoms with Crippen LogP contribution in [0.25, 0.3) is 10.9 Å². The molecule has 2 heterocycles. The Morgan fingerprint density at radius 2 is 1.97 bits per heavy atom. The number of aromatic nitrogens is 1. The van der Waals surface area contributed by atoms with Gasteiger partial charge in [0.05, 0.1) is 13.0 Å². The van der Waals surface area contributed by atoms with Crippen molar-refractivity contribution in [3.8, 4) is 5.75 Å². The first-order chi connectivity index (χ1) is 14.2. The lowest BCUT2D eigenvalue weighted by molar-refractivity contribution is -0.126. The third-order valence-corrected chi connectivity index (χ3v) is 5.49. The molecule has 0 saturated carbocycles. The fourth-order valence-electron chi connectivity index (χ4n) is 3.91. The van der Waals surface area contributed by atoms with E-state index >= 15 is 0 Å². The lowest BCUT2D eigenvalue weighted by atomic mass is 9.96. The van der Waals surface area contributed by atoms with Crippen LogP contribution in [0.1, 0.15) is 28.9 Å².